The number of carbonyl (C=O) groups excluding carboxylic acids is 2. The summed E-state index contributed by atoms with van der Waals surface area (Å²) in [6.07, 6.45) is -0.867. The molecule has 1 aliphatic carbocycles. The Morgan fingerprint density at radius 2 is 1.64 bits per heavy atom. The molecule has 0 aromatic heterocycles. The molecule has 4 rings (SSSR count). The summed E-state index contributed by atoms with van der Waals surface area (Å²) in [5, 5.41) is 32.1. The second kappa shape index (κ2) is 14.1. The van der Waals surface area contributed by atoms with Crippen molar-refractivity contribution in [2.24, 2.45) is 0 Å². The fraction of sp³-hybridized carbons (Fsp3) is 0.312. The van der Waals surface area contributed by atoms with Gasteiger partial charge in [-0.3, -0.25) is 9.69 Å². The number of nitrogens with zero attached hydrogens (tertiary/aromatic N) is 2. The zero-order chi connectivity index (χ0) is 31.9. The maximum absolute atomic E-state index is 13.5. The van der Waals surface area contributed by atoms with Crippen molar-refractivity contribution in [3.05, 3.63) is 94.5 Å². The molecule has 230 valence electrons. The number of hydrogen-bond donors (Lipinski definition) is 4. The van der Waals surface area contributed by atoms with Crippen molar-refractivity contribution >= 4 is 29.3 Å². The zero-order valence-corrected chi connectivity index (χ0v) is 23.6. The molecule has 0 saturated heterocycles. The number of nitrogens with one attached hydrogen (secondary N) is 2. The number of halogens is 3. The summed E-state index contributed by atoms with van der Waals surface area (Å²) in [6.45, 7) is -0.483. The van der Waals surface area contributed by atoms with Crippen LogP contribution in [-0.4, -0.2) is 40.8 Å². The minimum absolute atomic E-state index is 0.00333. The van der Waals surface area contributed by atoms with Gasteiger partial charge in [0, 0.05) is 16.9 Å². The van der Waals surface area contributed by atoms with Gasteiger partial charge in [-0.05, 0) is 72.4 Å². The SMILES string of the molecule is N#Cc1ccc(NC(=O)N(Cc2ccc(C(=O)NCC(O)C(=O)O)cc2)c2ccc(C3CCCCC3)cc2)cc1C(F)(F)F. The highest BCUT2D eigenvalue weighted by Gasteiger charge is 2.34. The molecule has 12 heteroatoms. The quantitative estimate of drug-likeness (QED) is 0.233. The monoisotopic (exact) mass is 608 g/mol. The Bertz CT molecular complexity index is 1530. The van der Waals surface area contributed by atoms with Crippen molar-refractivity contribution in [3.63, 3.8) is 0 Å². The van der Waals surface area contributed by atoms with Gasteiger partial charge in [0.15, 0.2) is 6.10 Å². The summed E-state index contributed by atoms with van der Waals surface area (Å²) in [4.78, 5) is 38.0. The molecule has 0 aliphatic heterocycles. The van der Waals surface area contributed by atoms with Crippen LogP contribution in [-0.2, 0) is 17.5 Å². The maximum Gasteiger partial charge on any atom is 0.417 e. The van der Waals surface area contributed by atoms with Gasteiger partial charge in [0.25, 0.3) is 5.91 Å². The summed E-state index contributed by atoms with van der Waals surface area (Å²) in [7, 11) is 0. The largest absolute Gasteiger partial charge is 0.479 e. The zero-order valence-electron chi connectivity index (χ0n) is 23.6. The molecule has 9 nitrogen and oxygen atoms in total. The number of carboxylic acid groups (broad SMARTS) is 1. The predicted molar refractivity (Wildman–Crippen MR) is 156 cm³/mol. The molecular formula is C32H31F3N4O5. The molecule has 1 atom stereocenters. The first-order chi connectivity index (χ1) is 21.0. The van der Waals surface area contributed by atoms with E-state index < -0.39 is 47.9 Å². The lowest BCUT2D eigenvalue weighted by Gasteiger charge is -2.26. The topological polar surface area (TPSA) is 143 Å². The number of carbonyl (C=O) groups is 3. The number of hydrogen-bond acceptors (Lipinski definition) is 5. The Balaban J connectivity index is 1.57. The van der Waals surface area contributed by atoms with Crippen LogP contribution in [0.5, 0.6) is 0 Å². The molecule has 3 aromatic rings. The van der Waals surface area contributed by atoms with E-state index in [1.54, 1.807) is 24.3 Å². The Labute approximate surface area is 251 Å². The van der Waals surface area contributed by atoms with Gasteiger partial charge in [0.2, 0.25) is 0 Å². The standard InChI is InChI=1S/C32H31F3N4O5/c33-32(34,35)27-16-25(13-10-24(27)17-36)38-31(44)39(26-14-11-22(12-15-26)21-4-2-1-3-5-21)19-20-6-8-23(9-7-20)29(41)37-18-28(40)30(42)43/h6-16,21,28,40H,1-5,18-19H2,(H,37,41)(H,38,44)(H,42,43). The van der Waals surface area contributed by atoms with Crippen LogP contribution in [0.3, 0.4) is 0 Å². The minimum atomic E-state index is -4.79. The molecule has 1 unspecified atom stereocenters. The first-order valence-corrected chi connectivity index (χ1v) is 14.0. The molecule has 1 saturated carbocycles. The van der Waals surface area contributed by atoms with Crippen molar-refractivity contribution in [2.75, 3.05) is 16.8 Å². The van der Waals surface area contributed by atoms with Gasteiger partial charge >= 0.3 is 18.2 Å². The third-order valence-corrected chi connectivity index (χ3v) is 7.52. The van der Waals surface area contributed by atoms with Crippen LogP contribution in [0.4, 0.5) is 29.3 Å². The first kappa shape index (κ1) is 32.0. The van der Waals surface area contributed by atoms with Crippen LogP contribution in [0.15, 0.2) is 66.7 Å². The molecule has 0 heterocycles. The maximum atomic E-state index is 13.5. The Morgan fingerprint density at radius 3 is 2.23 bits per heavy atom. The van der Waals surface area contributed by atoms with E-state index in [0.717, 1.165) is 43.4 Å². The van der Waals surface area contributed by atoms with Gasteiger partial charge in [-0.1, -0.05) is 43.5 Å². The first-order valence-electron chi connectivity index (χ1n) is 14.0. The number of anilines is 2. The van der Waals surface area contributed by atoms with Crippen molar-refractivity contribution in [2.45, 2.75) is 56.8 Å². The Morgan fingerprint density at radius 1 is 0.977 bits per heavy atom. The number of urea groups is 1. The van der Waals surface area contributed by atoms with Crippen LogP contribution in [0.2, 0.25) is 0 Å². The van der Waals surface area contributed by atoms with Gasteiger partial charge in [-0.25, -0.2) is 9.59 Å². The minimum Gasteiger partial charge on any atom is -0.479 e. The summed E-state index contributed by atoms with van der Waals surface area (Å²) in [5.41, 5.74) is 0.570. The van der Waals surface area contributed by atoms with Gasteiger partial charge in [0.1, 0.15) is 0 Å². The summed E-state index contributed by atoms with van der Waals surface area (Å²) < 4.78 is 40.6. The number of aliphatic hydroxyl groups excluding tert-OH is 1. The predicted octanol–water partition coefficient (Wildman–Crippen LogP) is 6.04. The number of rotatable bonds is 9. The van der Waals surface area contributed by atoms with Crippen LogP contribution < -0.4 is 15.5 Å². The highest BCUT2D eigenvalue weighted by Crippen LogP contribution is 2.35. The summed E-state index contributed by atoms with van der Waals surface area (Å²) in [6, 6.07) is 17.3. The summed E-state index contributed by atoms with van der Waals surface area (Å²) in [5.74, 6) is -1.65. The fourth-order valence-corrected chi connectivity index (χ4v) is 5.11. The molecule has 0 bridgehead atoms. The lowest BCUT2D eigenvalue weighted by molar-refractivity contribution is -0.146. The van der Waals surface area contributed by atoms with Crippen LogP contribution >= 0.6 is 0 Å². The Kier molecular flexibility index (Phi) is 10.2. The second-order valence-corrected chi connectivity index (χ2v) is 10.6. The van der Waals surface area contributed by atoms with Crippen LogP contribution in [0.1, 0.15) is 70.6 Å². The molecule has 4 N–H and O–H groups in total. The smallest absolute Gasteiger partial charge is 0.417 e. The van der Waals surface area contributed by atoms with Crippen LogP contribution in [0, 0.1) is 11.3 Å². The third-order valence-electron chi connectivity index (χ3n) is 7.52. The van der Waals surface area contributed by atoms with E-state index >= 15 is 0 Å². The fourth-order valence-electron chi connectivity index (χ4n) is 5.11. The lowest BCUT2D eigenvalue weighted by atomic mass is 9.84. The molecule has 1 aliphatic rings. The number of carboxylic acids is 1. The van der Waals surface area contributed by atoms with E-state index in [1.807, 2.05) is 12.1 Å². The van der Waals surface area contributed by atoms with Gasteiger partial charge < -0.3 is 20.8 Å². The molecule has 3 aromatic carbocycles. The number of amides is 3. The van der Waals surface area contributed by atoms with Crippen LogP contribution in [0.25, 0.3) is 0 Å². The average molecular weight is 609 g/mol. The molecule has 3 amide bonds. The molecule has 0 spiro atoms. The number of aliphatic carboxylic acids is 1. The highest BCUT2D eigenvalue weighted by molar-refractivity contribution is 6.02. The Hall–Kier alpha value is -4.89. The number of alkyl halides is 3. The van der Waals surface area contributed by atoms with E-state index in [-0.39, 0.29) is 17.8 Å². The van der Waals surface area contributed by atoms with E-state index in [9.17, 15) is 32.7 Å². The van der Waals surface area contributed by atoms with Gasteiger partial charge in [0.05, 0.1) is 30.3 Å². The number of benzene rings is 3. The molecule has 1 fully saturated rings. The normalized spacial score (nSPS) is 14.2. The van der Waals surface area contributed by atoms with E-state index in [0.29, 0.717) is 17.2 Å². The van der Waals surface area contributed by atoms with E-state index in [1.165, 1.54) is 35.6 Å². The average Bonchev–Trinajstić information content (AvgIpc) is 3.02. The second-order valence-electron chi connectivity index (χ2n) is 10.6. The van der Waals surface area contributed by atoms with Crippen molar-refractivity contribution in [3.8, 4) is 6.07 Å². The van der Waals surface area contributed by atoms with Crippen molar-refractivity contribution in [1.29, 1.82) is 5.26 Å². The highest BCUT2D eigenvalue weighted by atomic mass is 19.4. The molecule has 0 radical (unpaired) electrons. The van der Waals surface area contributed by atoms with Gasteiger partial charge in [-0.2, -0.15) is 18.4 Å². The molecule has 44 heavy (non-hydrogen) atoms. The third kappa shape index (κ3) is 8.14. The number of nitriles is 1. The van der Waals surface area contributed by atoms with E-state index in [2.05, 4.69) is 10.6 Å². The van der Waals surface area contributed by atoms with Gasteiger partial charge in [-0.15, -0.1) is 0 Å². The lowest BCUT2D eigenvalue weighted by Crippen LogP contribution is -2.36. The molecular weight excluding hydrogens is 577 g/mol. The summed E-state index contributed by atoms with van der Waals surface area (Å²) >= 11 is 0. The number of aliphatic hydroxyl groups is 1. The van der Waals surface area contributed by atoms with Crippen molar-refractivity contribution in [1.82, 2.24) is 5.32 Å². The van der Waals surface area contributed by atoms with Crippen molar-refractivity contribution < 1.29 is 37.8 Å². The van der Waals surface area contributed by atoms with E-state index in [4.69, 9.17) is 10.4 Å².